The first-order chi connectivity index (χ1) is 17.8. The van der Waals surface area contributed by atoms with E-state index >= 15 is 0 Å². The van der Waals surface area contributed by atoms with Gasteiger partial charge in [-0.1, -0.05) is 46.7 Å². The van der Waals surface area contributed by atoms with Crippen molar-refractivity contribution in [2.45, 2.75) is 19.1 Å². The smallest absolute Gasteiger partial charge is 0.422 e. The number of aromatic nitrogens is 2. The highest BCUT2D eigenvalue weighted by Gasteiger charge is 2.43. The van der Waals surface area contributed by atoms with Crippen molar-refractivity contribution in [3.8, 4) is 39.8 Å². The summed E-state index contributed by atoms with van der Waals surface area (Å²) in [4.78, 5) is 13.1. The maximum Gasteiger partial charge on any atom is 0.422 e. The van der Waals surface area contributed by atoms with Crippen molar-refractivity contribution >= 4 is 5.97 Å². The fraction of sp³-hybridized carbons (Fsp3) is 0.269. The molecule has 0 atom stereocenters. The summed E-state index contributed by atoms with van der Waals surface area (Å²) in [6, 6.07) is 13.5. The average Bonchev–Trinajstić information content (AvgIpc) is 3.42. The molecule has 190 valence electrons. The average molecular weight is 511 g/mol. The monoisotopic (exact) mass is 511 g/mol. The number of aliphatic carboxylic acids is 1. The normalized spacial score (nSPS) is 15.9. The third-order valence-electron chi connectivity index (χ3n) is 6.64. The minimum Gasteiger partial charge on any atom is -0.492 e. The number of nitrogens with zero attached hydrogens (tertiary/aromatic N) is 3. The fourth-order valence-corrected chi connectivity index (χ4v) is 4.79. The summed E-state index contributed by atoms with van der Waals surface area (Å²) in [5.74, 6) is -0.692. The Morgan fingerprint density at radius 3 is 2.49 bits per heavy atom. The van der Waals surface area contributed by atoms with Crippen molar-refractivity contribution in [1.29, 1.82) is 0 Å². The molecule has 0 amide bonds. The van der Waals surface area contributed by atoms with Gasteiger partial charge in [0.05, 0.1) is 18.1 Å². The van der Waals surface area contributed by atoms with E-state index < -0.39 is 23.4 Å². The van der Waals surface area contributed by atoms with E-state index in [4.69, 9.17) is 18.9 Å². The number of fused-ring (bicyclic) bond motifs is 3. The molecule has 1 saturated heterocycles. The molecule has 6 rings (SSSR count). The summed E-state index contributed by atoms with van der Waals surface area (Å²) >= 11 is 0. The van der Waals surface area contributed by atoms with Gasteiger partial charge in [0, 0.05) is 37.2 Å². The van der Waals surface area contributed by atoms with Crippen LogP contribution in [-0.2, 0) is 23.9 Å². The van der Waals surface area contributed by atoms with Gasteiger partial charge < -0.3 is 18.9 Å². The number of benzene rings is 2. The largest absolute Gasteiger partial charge is 0.492 e. The van der Waals surface area contributed by atoms with Gasteiger partial charge in [-0.25, -0.2) is 0 Å². The SMILES string of the molecule is O=C(O)C1CN(Cc2ccc3c(c2)OCCc2c(-c4noc(-c5ccccc5)c4C(F)(F)F)noc2-3)C1. The molecule has 1 fully saturated rings. The molecule has 2 aromatic carbocycles. The number of carboxylic acid groups (broad SMARTS) is 1. The first-order valence-corrected chi connectivity index (χ1v) is 11.6. The number of likely N-dealkylation sites (tertiary alicyclic amines) is 1. The Hall–Kier alpha value is -4.12. The van der Waals surface area contributed by atoms with Crippen LogP contribution in [0.4, 0.5) is 13.2 Å². The van der Waals surface area contributed by atoms with E-state index in [0.29, 0.717) is 42.3 Å². The van der Waals surface area contributed by atoms with E-state index in [1.165, 1.54) is 12.1 Å². The number of alkyl halides is 3. The van der Waals surface area contributed by atoms with Gasteiger partial charge in [-0.2, -0.15) is 13.2 Å². The molecule has 4 aromatic rings. The lowest BCUT2D eigenvalue weighted by molar-refractivity contribution is -0.147. The number of carbonyl (C=O) groups is 1. The molecule has 0 bridgehead atoms. The molecule has 0 saturated carbocycles. The van der Waals surface area contributed by atoms with Crippen LogP contribution in [-0.4, -0.2) is 46.0 Å². The Morgan fingerprint density at radius 2 is 1.76 bits per heavy atom. The summed E-state index contributed by atoms with van der Waals surface area (Å²) in [5.41, 5.74) is 0.732. The molecule has 11 heteroatoms. The van der Waals surface area contributed by atoms with Crippen molar-refractivity contribution in [1.82, 2.24) is 15.2 Å². The predicted molar refractivity (Wildman–Crippen MR) is 123 cm³/mol. The third kappa shape index (κ3) is 4.14. The number of hydrogen-bond acceptors (Lipinski definition) is 7. The second-order valence-corrected chi connectivity index (χ2v) is 9.10. The quantitative estimate of drug-likeness (QED) is 0.393. The molecule has 2 aliphatic rings. The van der Waals surface area contributed by atoms with Crippen LogP contribution in [0.25, 0.3) is 34.0 Å². The maximum atomic E-state index is 14.2. The van der Waals surface area contributed by atoms with E-state index in [1.54, 1.807) is 24.3 Å². The molecule has 0 aliphatic carbocycles. The third-order valence-corrected chi connectivity index (χ3v) is 6.64. The highest BCUT2D eigenvalue weighted by molar-refractivity contribution is 5.79. The highest BCUT2D eigenvalue weighted by Crippen LogP contribution is 2.46. The van der Waals surface area contributed by atoms with Gasteiger partial charge in [-0.3, -0.25) is 9.69 Å². The Morgan fingerprint density at radius 1 is 1.03 bits per heavy atom. The number of ether oxygens (including phenoxy) is 1. The van der Waals surface area contributed by atoms with Gasteiger partial charge in [0.15, 0.2) is 11.5 Å². The number of carboxylic acids is 1. The second-order valence-electron chi connectivity index (χ2n) is 9.10. The Bertz CT molecular complexity index is 1470. The zero-order chi connectivity index (χ0) is 25.7. The molecule has 0 radical (unpaired) electrons. The van der Waals surface area contributed by atoms with Crippen LogP contribution < -0.4 is 4.74 Å². The Balaban J connectivity index is 1.35. The Kier molecular flexibility index (Phi) is 5.52. The molecular formula is C26H20F3N3O5. The van der Waals surface area contributed by atoms with Crippen LogP contribution in [0.15, 0.2) is 57.6 Å². The van der Waals surface area contributed by atoms with Crippen molar-refractivity contribution < 1.29 is 36.9 Å². The van der Waals surface area contributed by atoms with E-state index in [2.05, 4.69) is 10.3 Å². The van der Waals surface area contributed by atoms with Crippen LogP contribution in [0.1, 0.15) is 16.7 Å². The molecule has 37 heavy (non-hydrogen) atoms. The van der Waals surface area contributed by atoms with E-state index in [-0.39, 0.29) is 36.0 Å². The first-order valence-electron chi connectivity index (χ1n) is 11.6. The number of halogens is 3. The molecule has 2 aromatic heterocycles. The lowest BCUT2D eigenvalue weighted by atomic mass is 9.97. The zero-order valence-corrected chi connectivity index (χ0v) is 19.3. The predicted octanol–water partition coefficient (Wildman–Crippen LogP) is 5.13. The van der Waals surface area contributed by atoms with Gasteiger partial charge in [0.1, 0.15) is 22.7 Å². The molecular weight excluding hydrogens is 491 g/mol. The van der Waals surface area contributed by atoms with E-state index in [0.717, 1.165) is 5.56 Å². The van der Waals surface area contributed by atoms with Gasteiger partial charge in [0.25, 0.3) is 0 Å². The van der Waals surface area contributed by atoms with Crippen molar-refractivity contribution in [2.24, 2.45) is 5.92 Å². The van der Waals surface area contributed by atoms with Crippen LogP contribution in [0.3, 0.4) is 0 Å². The van der Waals surface area contributed by atoms with Crippen LogP contribution >= 0.6 is 0 Å². The van der Waals surface area contributed by atoms with Crippen LogP contribution in [0, 0.1) is 5.92 Å². The molecule has 0 spiro atoms. The van der Waals surface area contributed by atoms with Crippen molar-refractivity contribution in [3.63, 3.8) is 0 Å². The molecule has 0 unspecified atom stereocenters. The maximum absolute atomic E-state index is 14.2. The summed E-state index contributed by atoms with van der Waals surface area (Å²) in [6.07, 6.45) is -4.48. The molecule has 1 N–H and O–H groups in total. The van der Waals surface area contributed by atoms with Crippen LogP contribution in [0.2, 0.25) is 0 Å². The summed E-state index contributed by atoms with van der Waals surface area (Å²) in [5, 5.41) is 16.8. The first kappa shape index (κ1) is 23.3. The second kappa shape index (κ2) is 8.77. The van der Waals surface area contributed by atoms with Crippen molar-refractivity contribution in [2.75, 3.05) is 19.7 Å². The molecule has 2 aliphatic heterocycles. The summed E-state index contributed by atoms with van der Waals surface area (Å²) in [6.45, 7) is 1.72. The number of rotatable bonds is 5. The number of hydrogen-bond donors (Lipinski definition) is 1. The lowest BCUT2D eigenvalue weighted by Crippen LogP contribution is -2.49. The minimum absolute atomic E-state index is 0.0333. The standard InChI is InChI=1S/C26H20F3N3O5/c27-26(28,29)20-22(31-36-23(20)15-4-2-1-3-5-15)21-18-8-9-35-19-10-14(6-7-17(19)24(18)37-30-21)11-32-12-16(13-32)25(33)34/h1-7,10,16H,8-9,11-13H2,(H,33,34). The van der Waals surface area contributed by atoms with Gasteiger partial charge in [0.2, 0.25) is 0 Å². The highest BCUT2D eigenvalue weighted by atomic mass is 19.4. The summed E-state index contributed by atoms with van der Waals surface area (Å²) < 4.78 is 59.3. The minimum atomic E-state index is -4.74. The Labute approximate surface area is 208 Å². The topological polar surface area (TPSA) is 102 Å². The van der Waals surface area contributed by atoms with E-state index in [1.807, 2.05) is 17.0 Å². The van der Waals surface area contributed by atoms with Crippen LogP contribution in [0.5, 0.6) is 5.75 Å². The lowest BCUT2D eigenvalue weighted by Gasteiger charge is -2.36. The van der Waals surface area contributed by atoms with Gasteiger partial charge in [-0.15, -0.1) is 0 Å². The fourth-order valence-electron chi connectivity index (χ4n) is 4.79. The van der Waals surface area contributed by atoms with Crippen molar-refractivity contribution in [3.05, 3.63) is 65.2 Å². The molecule has 4 heterocycles. The van der Waals surface area contributed by atoms with Gasteiger partial charge >= 0.3 is 12.1 Å². The molecule has 8 nitrogen and oxygen atoms in total. The summed E-state index contributed by atoms with van der Waals surface area (Å²) in [7, 11) is 0. The van der Waals surface area contributed by atoms with Gasteiger partial charge in [-0.05, 0) is 17.7 Å². The van der Waals surface area contributed by atoms with E-state index in [9.17, 15) is 18.0 Å². The zero-order valence-electron chi connectivity index (χ0n) is 19.3.